The molecule has 92 valence electrons. The molecule has 0 aliphatic carbocycles. The van der Waals surface area contributed by atoms with E-state index in [1.165, 1.54) is 12.1 Å². The smallest absolute Gasteiger partial charge is 0.243 e. The Kier molecular flexibility index (Phi) is 4.90. The first kappa shape index (κ1) is 13.4. The summed E-state index contributed by atoms with van der Waals surface area (Å²) in [4.78, 5) is 22.3. The van der Waals surface area contributed by atoms with Crippen LogP contribution in [-0.4, -0.2) is 18.4 Å². The molecule has 1 aromatic carbocycles. The number of carbonyl (C=O) groups excluding carboxylic acids is 2. The molecule has 0 saturated carbocycles. The van der Waals surface area contributed by atoms with Crippen LogP contribution in [0.25, 0.3) is 0 Å². The Morgan fingerprint density at radius 3 is 2.65 bits per heavy atom. The number of nitrogens with one attached hydrogen (secondary N) is 2. The van der Waals surface area contributed by atoms with Crippen LogP contribution in [0.2, 0.25) is 5.02 Å². The third-order valence-corrected chi connectivity index (χ3v) is 2.26. The van der Waals surface area contributed by atoms with E-state index < -0.39 is 11.7 Å². The summed E-state index contributed by atoms with van der Waals surface area (Å²) in [7, 11) is 0. The molecule has 0 aliphatic rings. The number of hydrogen-bond acceptors (Lipinski definition) is 2. The molecule has 0 aromatic heterocycles. The summed E-state index contributed by atoms with van der Waals surface area (Å²) >= 11 is 5.55. The minimum Gasteiger partial charge on any atom is -0.347 e. The molecule has 0 fully saturated rings. The largest absolute Gasteiger partial charge is 0.347 e. The molecule has 0 bridgehead atoms. The molecule has 0 radical (unpaired) electrons. The van der Waals surface area contributed by atoms with Gasteiger partial charge in [0.2, 0.25) is 11.8 Å². The van der Waals surface area contributed by atoms with Gasteiger partial charge in [-0.3, -0.25) is 9.59 Å². The lowest BCUT2D eigenvalue weighted by molar-refractivity contribution is -0.123. The predicted molar refractivity (Wildman–Crippen MR) is 63.3 cm³/mol. The molecule has 17 heavy (non-hydrogen) atoms. The van der Waals surface area contributed by atoms with Crippen molar-refractivity contribution >= 4 is 29.1 Å². The van der Waals surface area contributed by atoms with E-state index in [2.05, 4.69) is 10.6 Å². The van der Waals surface area contributed by atoms with Gasteiger partial charge in [0.25, 0.3) is 0 Å². The van der Waals surface area contributed by atoms with Crippen molar-refractivity contribution in [3.8, 4) is 0 Å². The third-order valence-electron chi connectivity index (χ3n) is 1.97. The number of benzene rings is 1. The fourth-order valence-corrected chi connectivity index (χ4v) is 1.26. The van der Waals surface area contributed by atoms with E-state index in [-0.39, 0.29) is 17.5 Å². The van der Waals surface area contributed by atoms with Gasteiger partial charge in [-0.2, -0.15) is 0 Å². The van der Waals surface area contributed by atoms with Gasteiger partial charge in [0.05, 0.1) is 11.6 Å². The minimum atomic E-state index is -0.552. The molecule has 0 spiro atoms. The van der Waals surface area contributed by atoms with E-state index in [0.29, 0.717) is 12.1 Å². The lowest BCUT2D eigenvalue weighted by Crippen LogP contribution is -2.32. The Labute approximate surface area is 103 Å². The summed E-state index contributed by atoms with van der Waals surface area (Å²) in [5, 5.41) is 4.84. The van der Waals surface area contributed by atoms with Crippen LogP contribution in [-0.2, 0) is 9.59 Å². The maximum absolute atomic E-state index is 12.8. The monoisotopic (exact) mass is 258 g/mol. The first-order valence-electron chi connectivity index (χ1n) is 5.04. The lowest BCUT2D eigenvalue weighted by Gasteiger charge is -2.06. The van der Waals surface area contributed by atoms with Crippen molar-refractivity contribution < 1.29 is 14.0 Å². The van der Waals surface area contributed by atoms with Crippen LogP contribution >= 0.6 is 11.6 Å². The highest BCUT2D eigenvalue weighted by molar-refractivity contribution is 6.31. The fraction of sp³-hybridized carbons (Fsp3) is 0.273. The summed E-state index contributed by atoms with van der Waals surface area (Å²) in [5.74, 6) is -1.16. The first-order valence-corrected chi connectivity index (χ1v) is 5.42. The van der Waals surface area contributed by atoms with Crippen molar-refractivity contribution in [2.75, 3.05) is 11.9 Å². The fourth-order valence-electron chi connectivity index (χ4n) is 1.08. The van der Waals surface area contributed by atoms with Crippen molar-refractivity contribution in [3.05, 3.63) is 29.0 Å². The van der Waals surface area contributed by atoms with Gasteiger partial charge in [-0.05, 0) is 18.2 Å². The molecule has 6 heteroatoms. The maximum atomic E-state index is 12.8. The van der Waals surface area contributed by atoms with E-state index in [0.717, 1.165) is 6.07 Å². The van der Waals surface area contributed by atoms with Gasteiger partial charge in [0.15, 0.2) is 0 Å². The summed E-state index contributed by atoms with van der Waals surface area (Å²) in [6.07, 6.45) is 0.315. The van der Waals surface area contributed by atoms with Gasteiger partial charge in [-0.15, -0.1) is 0 Å². The number of rotatable bonds is 4. The maximum Gasteiger partial charge on any atom is 0.243 e. The number of halogens is 2. The van der Waals surface area contributed by atoms with Crippen molar-refractivity contribution in [1.29, 1.82) is 0 Å². The van der Waals surface area contributed by atoms with Gasteiger partial charge >= 0.3 is 0 Å². The van der Waals surface area contributed by atoms with E-state index in [1.54, 1.807) is 6.92 Å². The van der Waals surface area contributed by atoms with Gasteiger partial charge in [-0.25, -0.2) is 4.39 Å². The number of amides is 2. The molecule has 0 atom stereocenters. The Hall–Kier alpha value is -1.62. The molecular weight excluding hydrogens is 247 g/mol. The van der Waals surface area contributed by atoms with Gasteiger partial charge in [-0.1, -0.05) is 18.5 Å². The van der Waals surface area contributed by atoms with Gasteiger partial charge in [0.1, 0.15) is 5.82 Å². The molecule has 0 aliphatic heterocycles. The zero-order valence-corrected chi connectivity index (χ0v) is 9.97. The zero-order chi connectivity index (χ0) is 12.8. The average molecular weight is 259 g/mol. The number of hydrogen-bond donors (Lipinski definition) is 2. The number of carbonyl (C=O) groups is 2. The summed E-state index contributed by atoms with van der Waals surface area (Å²) in [6.45, 7) is 1.56. The van der Waals surface area contributed by atoms with Crippen LogP contribution in [0, 0.1) is 5.82 Å². The second-order valence-electron chi connectivity index (χ2n) is 3.31. The van der Waals surface area contributed by atoms with Crippen molar-refractivity contribution in [1.82, 2.24) is 5.32 Å². The normalized spacial score (nSPS) is 9.82. The minimum absolute atomic E-state index is 0.0691. The molecule has 2 N–H and O–H groups in total. The predicted octanol–water partition coefficient (Wildman–Crippen LogP) is 1.94. The molecular formula is C11H12ClFN2O2. The van der Waals surface area contributed by atoms with E-state index >= 15 is 0 Å². The number of anilines is 1. The SMILES string of the molecule is CCC(=O)NCC(=O)Nc1ccc(F)c(Cl)c1. The van der Waals surface area contributed by atoms with E-state index in [1.807, 2.05) is 0 Å². The van der Waals surface area contributed by atoms with Crippen LogP contribution in [0.15, 0.2) is 18.2 Å². The van der Waals surface area contributed by atoms with Crippen molar-refractivity contribution in [2.24, 2.45) is 0 Å². The average Bonchev–Trinajstić information content (AvgIpc) is 2.31. The molecule has 0 heterocycles. The Morgan fingerprint density at radius 2 is 2.06 bits per heavy atom. The van der Waals surface area contributed by atoms with Crippen LogP contribution < -0.4 is 10.6 Å². The van der Waals surface area contributed by atoms with Crippen LogP contribution in [0.1, 0.15) is 13.3 Å². The summed E-state index contributed by atoms with van der Waals surface area (Å²) in [6, 6.07) is 3.85. The quantitative estimate of drug-likeness (QED) is 0.867. The zero-order valence-electron chi connectivity index (χ0n) is 9.22. The highest BCUT2D eigenvalue weighted by Crippen LogP contribution is 2.19. The van der Waals surface area contributed by atoms with Crippen LogP contribution in [0.4, 0.5) is 10.1 Å². The van der Waals surface area contributed by atoms with E-state index in [9.17, 15) is 14.0 Å². The Morgan fingerprint density at radius 1 is 1.35 bits per heavy atom. The molecule has 4 nitrogen and oxygen atoms in total. The Balaban J connectivity index is 2.50. The lowest BCUT2D eigenvalue weighted by atomic mass is 10.3. The molecule has 2 amide bonds. The summed E-state index contributed by atoms with van der Waals surface area (Å²) < 4.78 is 12.8. The third kappa shape index (κ3) is 4.40. The topological polar surface area (TPSA) is 58.2 Å². The van der Waals surface area contributed by atoms with Crippen molar-refractivity contribution in [2.45, 2.75) is 13.3 Å². The highest BCUT2D eigenvalue weighted by Gasteiger charge is 2.06. The second kappa shape index (κ2) is 6.20. The Bertz CT molecular complexity index is 437. The van der Waals surface area contributed by atoms with Gasteiger partial charge in [0, 0.05) is 12.1 Å². The molecule has 1 rings (SSSR count). The van der Waals surface area contributed by atoms with Crippen LogP contribution in [0.3, 0.4) is 0 Å². The summed E-state index contributed by atoms with van der Waals surface area (Å²) in [5.41, 5.74) is 0.382. The standard InChI is InChI=1S/C11H12ClFN2O2/c1-2-10(16)14-6-11(17)15-7-3-4-9(13)8(12)5-7/h3-5H,2,6H2,1H3,(H,14,16)(H,15,17). The molecule has 1 aromatic rings. The van der Waals surface area contributed by atoms with E-state index in [4.69, 9.17) is 11.6 Å². The second-order valence-corrected chi connectivity index (χ2v) is 3.71. The molecule has 0 unspecified atom stereocenters. The molecule has 0 saturated heterocycles. The van der Waals surface area contributed by atoms with Gasteiger partial charge < -0.3 is 10.6 Å². The first-order chi connectivity index (χ1) is 8.02. The van der Waals surface area contributed by atoms with Crippen LogP contribution in [0.5, 0.6) is 0 Å². The van der Waals surface area contributed by atoms with Crippen molar-refractivity contribution in [3.63, 3.8) is 0 Å². The highest BCUT2D eigenvalue weighted by atomic mass is 35.5.